The van der Waals surface area contributed by atoms with Gasteiger partial charge in [-0.15, -0.1) is 22.0 Å². The van der Waals surface area contributed by atoms with Crippen LogP contribution in [0.15, 0.2) is 52.5 Å². The summed E-state index contributed by atoms with van der Waals surface area (Å²) in [6, 6.07) is 14.2. The molecule has 9 heteroatoms. The number of carbonyl (C=O) groups is 1. The van der Waals surface area contributed by atoms with Crippen LogP contribution >= 0.6 is 23.5 Å². The first-order valence-electron chi connectivity index (χ1n) is 10.8. The number of nitrogens with one attached hydrogen (secondary N) is 1. The zero-order chi connectivity index (χ0) is 23.6. The fourth-order valence-electron chi connectivity index (χ4n) is 3.20. The Bertz CT molecular complexity index is 1050. The van der Waals surface area contributed by atoms with Crippen LogP contribution < -0.4 is 14.8 Å². The molecule has 1 heterocycles. The van der Waals surface area contributed by atoms with Gasteiger partial charge in [0.05, 0.1) is 25.7 Å². The van der Waals surface area contributed by atoms with Crippen molar-refractivity contribution in [2.24, 2.45) is 0 Å². The van der Waals surface area contributed by atoms with E-state index in [9.17, 15) is 4.79 Å². The molecule has 7 nitrogen and oxygen atoms in total. The lowest BCUT2D eigenvalue weighted by Crippen LogP contribution is -2.27. The van der Waals surface area contributed by atoms with Crippen molar-refractivity contribution in [3.8, 4) is 11.5 Å². The molecule has 0 saturated carbocycles. The number of aromatic nitrogens is 3. The number of hydrogen-bond acceptors (Lipinski definition) is 7. The first-order valence-corrected chi connectivity index (χ1v) is 12.7. The molecule has 0 radical (unpaired) electrons. The Morgan fingerprint density at radius 3 is 2.48 bits per heavy atom. The van der Waals surface area contributed by atoms with Crippen molar-refractivity contribution in [3.05, 3.63) is 59.4 Å². The molecule has 0 fully saturated rings. The van der Waals surface area contributed by atoms with E-state index in [2.05, 4.69) is 58.2 Å². The predicted molar refractivity (Wildman–Crippen MR) is 133 cm³/mol. The zero-order valence-electron chi connectivity index (χ0n) is 19.5. The first-order chi connectivity index (χ1) is 16.0. The number of ether oxygens (including phenoxy) is 2. The molecule has 0 aliphatic heterocycles. The average molecular weight is 487 g/mol. The Hall–Kier alpha value is -2.65. The van der Waals surface area contributed by atoms with Gasteiger partial charge in [-0.1, -0.05) is 35.5 Å². The summed E-state index contributed by atoms with van der Waals surface area (Å²) in [7, 11) is 3.23. The molecule has 0 atom stereocenters. The van der Waals surface area contributed by atoms with E-state index in [0.717, 1.165) is 28.8 Å². The summed E-state index contributed by atoms with van der Waals surface area (Å²) in [5.41, 5.74) is 2.32. The van der Waals surface area contributed by atoms with Gasteiger partial charge < -0.3 is 19.4 Å². The van der Waals surface area contributed by atoms with Crippen LogP contribution in [0.3, 0.4) is 0 Å². The fraction of sp³-hybridized carbons (Fsp3) is 0.375. The third-order valence-electron chi connectivity index (χ3n) is 5.01. The second kappa shape index (κ2) is 12.6. The van der Waals surface area contributed by atoms with E-state index in [1.807, 2.05) is 18.2 Å². The van der Waals surface area contributed by atoms with Gasteiger partial charge in [0, 0.05) is 18.0 Å². The van der Waals surface area contributed by atoms with Crippen molar-refractivity contribution < 1.29 is 14.3 Å². The maximum absolute atomic E-state index is 12.3. The number of rotatable bonds is 12. The number of carbonyl (C=O) groups excluding carboxylic acids is 1. The van der Waals surface area contributed by atoms with E-state index in [0.29, 0.717) is 30.2 Å². The van der Waals surface area contributed by atoms with Crippen LogP contribution in [0.2, 0.25) is 0 Å². The minimum Gasteiger partial charge on any atom is -0.493 e. The molecule has 0 unspecified atom stereocenters. The highest BCUT2D eigenvalue weighted by Gasteiger charge is 2.13. The van der Waals surface area contributed by atoms with E-state index in [4.69, 9.17) is 9.47 Å². The SMILES string of the molecule is CCn1c(CSc2ccc(C)cc2)nnc1SCC(=O)NCCc1ccc(OC)c(OC)c1. The largest absolute Gasteiger partial charge is 0.493 e. The van der Waals surface area contributed by atoms with Crippen LogP contribution in [0.5, 0.6) is 11.5 Å². The second-order valence-corrected chi connectivity index (χ2v) is 9.31. The van der Waals surface area contributed by atoms with Crippen LogP contribution in [0, 0.1) is 6.92 Å². The van der Waals surface area contributed by atoms with Gasteiger partial charge in [0.1, 0.15) is 5.82 Å². The average Bonchev–Trinajstić information content (AvgIpc) is 3.24. The van der Waals surface area contributed by atoms with E-state index < -0.39 is 0 Å². The quantitative estimate of drug-likeness (QED) is 0.381. The van der Waals surface area contributed by atoms with Gasteiger partial charge in [0.2, 0.25) is 5.91 Å². The minimum absolute atomic E-state index is 0.0262. The van der Waals surface area contributed by atoms with E-state index in [1.165, 1.54) is 22.2 Å². The summed E-state index contributed by atoms with van der Waals surface area (Å²) >= 11 is 3.15. The van der Waals surface area contributed by atoms with Gasteiger partial charge >= 0.3 is 0 Å². The van der Waals surface area contributed by atoms with Crippen LogP contribution in [-0.2, 0) is 23.5 Å². The lowest BCUT2D eigenvalue weighted by Gasteiger charge is -2.10. The Balaban J connectivity index is 1.46. The summed E-state index contributed by atoms with van der Waals surface area (Å²) in [4.78, 5) is 13.5. The molecule has 1 aromatic heterocycles. The number of hydrogen-bond donors (Lipinski definition) is 1. The lowest BCUT2D eigenvalue weighted by atomic mass is 10.1. The summed E-state index contributed by atoms with van der Waals surface area (Å²) in [5, 5.41) is 12.4. The molecule has 1 amide bonds. The normalized spacial score (nSPS) is 10.8. The molecule has 0 aliphatic rings. The van der Waals surface area contributed by atoms with Crippen molar-refractivity contribution in [2.75, 3.05) is 26.5 Å². The number of thioether (sulfide) groups is 2. The topological polar surface area (TPSA) is 78.3 Å². The molecule has 176 valence electrons. The smallest absolute Gasteiger partial charge is 0.230 e. The second-order valence-electron chi connectivity index (χ2n) is 7.32. The van der Waals surface area contributed by atoms with Crippen LogP contribution in [-0.4, -0.2) is 47.2 Å². The molecule has 3 aromatic rings. The van der Waals surface area contributed by atoms with Crippen molar-refractivity contribution >= 4 is 29.4 Å². The molecule has 0 aliphatic carbocycles. The highest BCUT2D eigenvalue weighted by Crippen LogP contribution is 2.28. The fourth-order valence-corrected chi connectivity index (χ4v) is 4.89. The van der Waals surface area contributed by atoms with Crippen LogP contribution in [0.1, 0.15) is 23.9 Å². The molecule has 1 N–H and O–H groups in total. The van der Waals surface area contributed by atoms with Crippen LogP contribution in [0.25, 0.3) is 0 Å². The zero-order valence-corrected chi connectivity index (χ0v) is 21.1. The number of aryl methyl sites for hydroxylation is 1. The minimum atomic E-state index is -0.0262. The summed E-state index contributed by atoms with van der Waals surface area (Å²) in [5.74, 6) is 3.31. The van der Waals surface area contributed by atoms with E-state index in [-0.39, 0.29) is 5.91 Å². The number of benzene rings is 2. The van der Waals surface area contributed by atoms with E-state index in [1.54, 1.807) is 26.0 Å². The molecule has 33 heavy (non-hydrogen) atoms. The third-order valence-corrected chi connectivity index (χ3v) is 6.99. The molecule has 2 aromatic carbocycles. The number of nitrogens with zero attached hydrogens (tertiary/aromatic N) is 3. The van der Waals surface area contributed by atoms with Gasteiger partial charge in [0.15, 0.2) is 16.7 Å². The number of amides is 1. The molecule has 0 bridgehead atoms. The Morgan fingerprint density at radius 2 is 1.79 bits per heavy atom. The van der Waals surface area contributed by atoms with Gasteiger partial charge in [-0.25, -0.2) is 0 Å². The van der Waals surface area contributed by atoms with E-state index >= 15 is 0 Å². The Labute approximate surface area is 203 Å². The monoisotopic (exact) mass is 486 g/mol. The maximum Gasteiger partial charge on any atom is 0.230 e. The molecule has 0 saturated heterocycles. The van der Waals surface area contributed by atoms with Crippen molar-refractivity contribution in [2.45, 2.75) is 42.6 Å². The standard InChI is InChI=1S/C24H30N4O3S2/c1-5-28-22(15-32-19-9-6-17(2)7-10-19)26-27-24(28)33-16-23(29)25-13-12-18-8-11-20(30-3)21(14-18)31-4/h6-11,14H,5,12-13,15-16H2,1-4H3,(H,25,29). The number of methoxy groups -OCH3 is 2. The lowest BCUT2D eigenvalue weighted by molar-refractivity contribution is -0.118. The molecular formula is C24H30N4O3S2. The third kappa shape index (κ3) is 7.17. The Morgan fingerprint density at radius 1 is 1.03 bits per heavy atom. The van der Waals surface area contributed by atoms with Gasteiger partial charge in [-0.2, -0.15) is 0 Å². The summed E-state index contributed by atoms with van der Waals surface area (Å²) in [6.45, 7) is 5.46. The molecular weight excluding hydrogens is 456 g/mol. The highest BCUT2D eigenvalue weighted by molar-refractivity contribution is 7.99. The van der Waals surface area contributed by atoms with Gasteiger partial charge in [0.25, 0.3) is 0 Å². The summed E-state index contributed by atoms with van der Waals surface area (Å²) < 4.78 is 12.7. The van der Waals surface area contributed by atoms with Gasteiger partial charge in [-0.05, 0) is 50.1 Å². The molecule has 3 rings (SSSR count). The van der Waals surface area contributed by atoms with Gasteiger partial charge in [-0.3, -0.25) is 4.79 Å². The maximum atomic E-state index is 12.3. The van der Waals surface area contributed by atoms with Crippen molar-refractivity contribution in [1.29, 1.82) is 0 Å². The summed E-state index contributed by atoms with van der Waals surface area (Å²) in [6.07, 6.45) is 0.711. The molecule has 0 spiro atoms. The van der Waals surface area contributed by atoms with Crippen molar-refractivity contribution in [1.82, 2.24) is 20.1 Å². The first kappa shape index (κ1) is 25.0. The predicted octanol–water partition coefficient (Wildman–Crippen LogP) is 4.37. The van der Waals surface area contributed by atoms with Crippen LogP contribution in [0.4, 0.5) is 0 Å². The van der Waals surface area contributed by atoms with Crippen molar-refractivity contribution in [3.63, 3.8) is 0 Å². The Kier molecular flexibility index (Phi) is 9.50. The highest BCUT2D eigenvalue weighted by atomic mass is 32.2.